The molecule has 0 aliphatic carbocycles. The largest absolute Gasteiger partial charge is 0.298 e. The highest BCUT2D eigenvalue weighted by Crippen LogP contribution is 2.39. The number of hydrogen-bond acceptors (Lipinski definition) is 1. The number of rotatable bonds is 1. The maximum atomic E-state index is 2.47. The average molecular weight is 293 g/mol. The van der Waals surface area contributed by atoms with E-state index in [-0.39, 0.29) is 5.41 Å². The summed E-state index contributed by atoms with van der Waals surface area (Å²) in [6.07, 6.45) is 0. The van der Waals surface area contributed by atoms with Gasteiger partial charge >= 0.3 is 0 Å². The monoisotopic (exact) mass is 293 g/mol. The molecule has 0 radical (unpaired) electrons. The van der Waals surface area contributed by atoms with Crippen LogP contribution in [0.2, 0.25) is 0 Å². The fourth-order valence-electron chi connectivity index (χ4n) is 3.54. The molecule has 1 heteroatoms. The maximum Gasteiger partial charge on any atom is 0.0246 e. The number of hydrogen-bond donors (Lipinski definition) is 0. The van der Waals surface area contributed by atoms with Gasteiger partial charge in [-0.05, 0) is 41.6 Å². The third-order valence-corrected chi connectivity index (χ3v) is 5.10. The molecule has 2 aromatic rings. The predicted molar refractivity (Wildman–Crippen MR) is 94.4 cm³/mol. The lowest BCUT2D eigenvalue weighted by Crippen LogP contribution is -2.39. The molecule has 2 atom stereocenters. The van der Waals surface area contributed by atoms with Crippen LogP contribution in [0.3, 0.4) is 0 Å². The van der Waals surface area contributed by atoms with Crippen LogP contribution in [-0.4, -0.2) is 18.0 Å². The Balaban J connectivity index is 2.15. The van der Waals surface area contributed by atoms with E-state index in [0.717, 1.165) is 6.54 Å². The van der Waals surface area contributed by atoms with Crippen LogP contribution >= 0.6 is 0 Å². The summed E-state index contributed by atoms with van der Waals surface area (Å²) in [5.74, 6) is 0.456. The molecule has 3 rings (SSSR count). The highest BCUT2D eigenvalue weighted by atomic mass is 15.1. The second kappa shape index (κ2) is 5.55. The molecule has 0 saturated carbocycles. The third kappa shape index (κ3) is 2.70. The van der Waals surface area contributed by atoms with Gasteiger partial charge in [0.25, 0.3) is 0 Å². The first kappa shape index (κ1) is 15.3. The second-order valence-electron chi connectivity index (χ2n) is 7.71. The van der Waals surface area contributed by atoms with Crippen molar-refractivity contribution in [3.8, 4) is 0 Å². The zero-order chi connectivity index (χ0) is 15.9. The fraction of sp³-hybridized carbons (Fsp3) is 0.429. The molecule has 1 nitrogen and oxygen atoms in total. The molecule has 0 amide bonds. The maximum absolute atomic E-state index is 2.47. The fourth-order valence-corrected chi connectivity index (χ4v) is 3.54. The highest BCUT2D eigenvalue weighted by Gasteiger charge is 2.32. The molecule has 0 unspecified atom stereocenters. The van der Waals surface area contributed by atoms with Crippen molar-refractivity contribution in [2.45, 2.75) is 51.6 Å². The minimum atomic E-state index is 0.197. The van der Waals surface area contributed by atoms with E-state index in [1.807, 2.05) is 0 Å². The average Bonchev–Trinajstić information content (AvgIpc) is 2.48. The van der Waals surface area contributed by atoms with Crippen molar-refractivity contribution in [3.05, 3.63) is 70.8 Å². The smallest absolute Gasteiger partial charge is 0.0246 e. The first-order valence-electron chi connectivity index (χ1n) is 8.26. The molecule has 1 aliphatic rings. The van der Waals surface area contributed by atoms with Gasteiger partial charge in [0.15, 0.2) is 0 Å². The van der Waals surface area contributed by atoms with E-state index in [1.165, 1.54) is 22.3 Å². The van der Waals surface area contributed by atoms with Gasteiger partial charge in [0.1, 0.15) is 0 Å². The molecule has 0 spiro atoms. The topological polar surface area (TPSA) is 3.24 Å². The summed E-state index contributed by atoms with van der Waals surface area (Å²) in [4.78, 5) is 2.47. The van der Waals surface area contributed by atoms with Gasteiger partial charge < -0.3 is 0 Å². The zero-order valence-corrected chi connectivity index (χ0v) is 14.4. The Hall–Kier alpha value is -1.60. The van der Waals surface area contributed by atoms with Crippen molar-refractivity contribution in [1.29, 1.82) is 0 Å². The van der Waals surface area contributed by atoms with Crippen LogP contribution in [0, 0.1) is 0 Å². The van der Waals surface area contributed by atoms with Crippen LogP contribution in [0.25, 0.3) is 0 Å². The Morgan fingerprint density at radius 2 is 1.68 bits per heavy atom. The highest BCUT2D eigenvalue weighted by molar-refractivity contribution is 5.45. The van der Waals surface area contributed by atoms with E-state index in [0.29, 0.717) is 12.0 Å². The molecule has 0 aromatic heterocycles. The predicted octanol–water partition coefficient (Wildman–Crippen LogP) is 4.95. The molecule has 22 heavy (non-hydrogen) atoms. The molecule has 0 N–H and O–H groups in total. The summed E-state index contributed by atoms with van der Waals surface area (Å²) >= 11 is 0. The van der Waals surface area contributed by atoms with E-state index in [9.17, 15) is 0 Å². The number of likely N-dealkylation sites (N-methyl/N-ethyl adjacent to an activating group) is 1. The molecule has 1 heterocycles. The van der Waals surface area contributed by atoms with Gasteiger partial charge in [-0.25, -0.2) is 0 Å². The van der Waals surface area contributed by atoms with E-state index in [1.54, 1.807) is 0 Å². The third-order valence-electron chi connectivity index (χ3n) is 5.10. The van der Waals surface area contributed by atoms with Crippen molar-refractivity contribution in [3.63, 3.8) is 0 Å². The van der Waals surface area contributed by atoms with Gasteiger partial charge in [0, 0.05) is 18.5 Å². The summed E-state index contributed by atoms with van der Waals surface area (Å²) in [6, 6.07) is 18.6. The standard InChI is InChI=1S/C21H27N/c1-15-20(16-9-7-6-8-10-16)19-13-18(21(2,3)4)12-11-17(19)14-22(15)5/h6-13,15,20H,14H2,1-5H3/t15-,20+/m0/s1. The minimum Gasteiger partial charge on any atom is -0.298 e. The Bertz CT molecular complexity index is 651. The number of nitrogens with zero attached hydrogens (tertiary/aromatic N) is 1. The Morgan fingerprint density at radius 1 is 1.00 bits per heavy atom. The van der Waals surface area contributed by atoms with E-state index >= 15 is 0 Å². The molecule has 0 bridgehead atoms. The summed E-state index contributed by atoms with van der Waals surface area (Å²) in [5, 5.41) is 0. The van der Waals surface area contributed by atoms with E-state index < -0.39 is 0 Å². The quantitative estimate of drug-likeness (QED) is 0.719. The van der Waals surface area contributed by atoms with Gasteiger partial charge in [-0.1, -0.05) is 69.3 Å². The molecule has 0 saturated heterocycles. The molecule has 116 valence electrons. The van der Waals surface area contributed by atoms with Gasteiger partial charge in [-0.3, -0.25) is 4.90 Å². The van der Waals surface area contributed by atoms with Crippen LogP contribution in [0.4, 0.5) is 0 Å². The van der Waals surface area contributed by atoms with Gasteiger partial charge in [-0.2, -0.15) is 0 Å². The lowest BCUT2D eigenvalue weighted by molar-refractivity contribution is 0.212. The molecular formula is C21H27N. The zero-order valence-electron chi connectivity index (χ0n) is 14.4. The van der Waals surface area contributed by atoms with Crippen LogP contribution in [0.5, 0.6) is 0 Å². The van der Waals surface area contributed by atoms with Gasteiger partial charge in [0.2, 0.25) is 0 Å². The summed E-state index contributed by atoms with van der Waals surface area (Å²) in [7, 11) is 2.24. The van der Waals surface area contributed by atoms with Gasteiger partial charge in [-0.15, -0.1) is 0 Å². The van der Waals surface area contributed by atoms with Crippen molar-refractivity contribution in [2.24, 2.45) is 0 Å². The van der Waals surface area contributed by atoms with E-state index in [4.69, 9.17) is 0 Å². The van der Waals surface area contributed by atoms with Crippen LogP contribution in [0.1, 0.15) is 55.9 Å². The SMILES string of the molecule is C[C@H]1[C@H](c2ccccc2)c2cc(C(C)(C)C)ccc2CN1C. The van der Waals surface area contributed by atoms with Crippen molar-refractivity contribution >= 4 is 0 Å². The lowest BCUT2D eigenvalue weighted by Gasteiger charge is -2.40. The van der Waals surface area contributed by atoms with Crippen LogP contribution in [0.15, 0.2) is 48.5 Å². The molecular weight excluding hydrogens is 266 g/mol. The summed E-state index contributed by atoms with van der Waals surface area (Å²) in [5.41, 5.74) is 6.05. The van der Waals surface area contributed by atoms with Crippen molar-refractivity contribution in [1.82, 2.24) is 4.90 Å². The molecule has 1 aliphatic heterocycles. The summed E-state index contributed by atoms with van der Waals surface area (Å²) in [6.45, 7) is 10.3. The Labute approximate surface area is 135 Å². The van der Waals surface area contributed by atoms with Gasteiger partial charge in [0.05, 0.1) is 0 Å². The lowest BCUT2D eigenvalue weighted by atomic mass is 9.76. The summed E-state index contributed by atoms with van der Waals surface area (Å²) < 4.78 is 0. The number of fused-ring (bicyclic) bond motifs is 1. The first-order valence-corrected chi connectivity index (χ1v) is 8.26. The molecule has 2 aromatic carbocycles. The van der Waals surface area contributed by atoms with Crippen molar-refractivity contribution < 1.29 is 0 Å². The van der Waals surface area contributed by atoms with E-state index in [2.05, 4.69) is 88.2 Å². The first-order chi connectivity index (χ1) is 10.4. The van der Waals surface area contributed by atoms with Crippen LogP contribution in [-0.2, 0) is 12.0 Å². The number of benzene rings is 2. The second-order valence-corrected chi connectivity index (χ2v) is 7.71. The Kier molecular flexibility index (Phi) is 3.86. The van der Waals surface area contributed by atoms with Crippen LogP contribution < -0.4 is 0 Å². The Morgan fingerprint density at radius 3 is 2.32 bits per heavy atom. The normalized spacial score (nSPS) is 22.4. The molecule has 0 fully saturated rings. The minimum absolute atomic E-state index is 0.197. The van der Waals surface area contributed by atoms with Crippen molar-refractivity contribution in [2.75, 3.05) is 7.05 Å².